The lowest BCUT2D eigenvalue weighted by Gasteiger charge is -2.09. The summed E-state index contributed by atoms with van der Waals surface area (Å²) in [6.07, 6.45) is 3.29. The van der Waals surface area contributed by atoms with E-state index in [1.807, 2.05) is 31.2 Å². The van der Waals surface area contributed by atoms with Gasteiger partial charge in [0.05, 0.1) is 4.92 Å². The second kappa shape index (κ2) is 5.97. The fourth-order valence-corrected chi connectivity index (χ4v) is 2.10. The summed E-state index contributed by atoms with van der Waals surface area (Å²) in [5.74, 6) is 0.673. The molecule has 0 radical (unpaired) electrons. The third-order valence-corrected chi connectivity index (χ3v) is 3.58. The lowest BCUT2D eigenvalue weighted by Crippen LogP contribution is -2.10. The number of hydrogen-bond acceptors (Lipinski definition) is 6. The Morgan fingerprint density at radius 2 is 2.14 bits per heavy atom. The maximum Gasteiger partial charge on any atom is 0.329 e. The molecule has 1 fully saturated rings. The highest BCUT2D eigenvalue weighted by molar-refractivity contribution is 5.58. The van der Waals surface area contributed by atoms with Gasteiger partial charge in [0.2, 0.25) is 11.8 Å². The second-order valence-corrected chi connectivity index (χ2v) is 5.38. The summed E-state index contributed by atoms with van der Waals surface area (Å²) in [5.41, 5.74) is 2.22. The fraction of sp³-hybridized carbons (Fsp3) is 0.333. The van der Waals surface area contributed by atoms with Gasteiger partial charge >= 0.3 is 5.69 Å². The Labute approximate surface area is 127 Å². The third-order valence-electron chi connectivity index (χ3n) is 3.58. The molecule has 0 spiro atoms. The van der Waals surface area contributed by atoms with Crippen molar-refractivity contribution in [3.8, 4) is 0 Å². The highest BCUT2D eigenvalue weighted by atomic mass is 16.6. The number of benzene rings is 1. The van der Waals surface area contributed by atoms with Crippen LogP contribution >= 0.6 is 0 Å². The smallest absolute Gasteiger partial charge is 0.329 e. The summed E-state index contributed by atoms with van der Waals surface area (Å²) in [6.45, 7) is 2.61. The van der Waals surface area contributed by atoms with Gasteiger partial charge in [-0.25, -0.2) is 4.98 Å². The number of nitro groups is 1. The molecule has 0 amide bonds. The van der Waals surface area contributed by atoms with E-state index in [-0.39, 0.29) is 17.5 Å². The molecule has 1 saturated carbocycles. The second-order valence-electron chi connectivity index (χ2n) is 5.38. The fourth-order valence-electron chi connectivity index (χ4n) is 2.10. The number of aromatic nitrogens is 2. The van der Waals surface area contributed by atoms with E-state index in [0.717, 1.165) is 18.4 Å². The number of rotatable bonds is 6. The van der Waals surface area contributed by atoms with Gasteiger partial charge in [-0.2, -0.15) is 4.98 Å². The van der Waals surface area contributed by atoms with Crippen LogP contribution in [0.3, 0.4) is 0 Å². The zero-order valence-electron chi connectivity index (χ0n) is 12.2. The van der Waals surface area contributed by atoms with Crippen LogP contribution in [0.15, 0.2) is 30.5 Å². The largest absolute Gasteiger partial charge is 0.361 e. The van der Waals surface area contributed by atoms with E-state index in [0.29, 0.717) is 12.5 Å². The SMILES string of the molecule is Cc1ccccc1CNc1ncc([N+](=O)[O-])c(NC2CC2)n1. The van der Waals surface area contributed by atoms with E-state index in [9.17, 15) is 10.1 Å². The molecule has 1 aliphatic carbocycles. The van der Waals surface area contributed by atoms with Gasteiger partial charge < -0.3 is 10.6 Å². The van der Waals surface area contributed by atoms with Crippen LogP contribution in [0.5, 0.6) is 0 Å². The Morgan fingerprint density at radius 1 is 1.36 bits per heavy atom. The minimum Gasteiger partial charge on any atom is -0.361 e. The quantitative estimate of drug-likeness (QED) is 0.629. The number of aryl methyl sites for hydroxylation is 1. The summed E-state index contributed by atoms with van der Waals surface area (Å²) in [7, 11) is 0. The Bertz CT molecular complexity index is 700. The molecule has 0 atom stereocenters. The lowest BCUT2D eigenvalue weighted by molar-refractivity contribution is -0.384. The highest BCUT2D eigenvalue weighted by Gasteiger charge is 2.26. The summed E-state index contributed by atoms with van der Waals surface area (Å²) in [5, 5.41) is 17.2. The standard InChI is InChI=1S/C15H17N5O2/c1-10-4-2-3-5-11(10)8-16-15-17-9-13(20(21)22)14(19-15)18-12-6-7-12/h2-5,9,12H,6-8H2,1H3,(H2,16,17,18,19). The molecule has 1 aromatic heterocycles. The molecule has 0 bridgehead atoms. The van der Waals surface area contributed by atoms with E-state index < -0.39 is 4.92 Å². The first-order chi connectivity index (χ1) is 10.6. The molecule has 0 unspecified atom stereocenters. The molecule has 1 aliphatic rings. The van der Waals surface area contributed by atoms with Crippen LogP contribution in [0, 0.1) is 17.0 Å². The van der Waals surface area contributed by atoms with Gasteiger partial charge in [0, 0.05) is 12.6 Å². The predicted octanol–water partition coefficient (Wildman–Crippen LogP) is 2.88. The zero-order chi connectivity index (χ0) is 15.5. The molecule has 7 nitrogen and oxygen atoms in total. The van der Waals surface area contributed by atoms with Crippen molar-refractivity contribution in [3.05, 3.63) is 51.7 Å². The number of nitrogens with one attached hydrogen (secondary N) is 2. The van der Waals surface area contributed by atoms with Gasteiger partial charge in [-0.3, -0.25) is 10.1 Å². The minimum absolute atomic E-state index is 0.0895. The molecule has 0 aliphatic heterocycles. The van der Waals surface area contributed by atoms with Crippen molar-refractivity contribution in [1.82, 2.24) is 9.97 Å². The Hall–Kier alpha value is -2.70. The van der Waals surface area contributed by atoms with Gasteiger partial charge in [0.25, 0.3) is 0 Å². The van der Waals surface area contributed by atoms with E-state index >= 15 is 0 Å². The molecule has 1 heterocycles. The van der Waals surface area contributed by atoms with Crippen LogP contribution in [0.4, 0.5) is 17.5 Å². The van der Waals surface area contributed by atoms with Crippen molar-refractivity contribution in [2.75, 3.05) is 10.6 Å². The van der Waals surface area contributed by atoms with E-state index in [2.05, 4.69) is 20.6 Å². The molecule has 7 heteroatoms. The van der Waals surface area contributed by atoms with Crippen LogP contribution in [0.25, 0.3) is 0 Å². The van der Waals surface area contributed by atoms with Crippen molar-refractivity contribution in [2.24, 2.45) is 0 Å². The van der Waals surface area contributed by atoms with Crippen molar-refractivity contribution in [1.29, 1.82) is 0 Å². The lowest BCUT2D eigenvalue weighted by atomic mass is 10.1. The molecular formula is C15H17N5O2. The summed E-state index contributed by atoms with van der Waals surface area (Å²) in [6, 6.07) is 8.31. The highest BCUT2D eigenvalue weighted by Crippen LogP contribution is 2.29. The third kappa shape index (κ3) is 3.30. The van der Waals surface area contributed by atoms with Crippen molar-refractivity contribution in [2.45, 2.75) is 32.4 Å². The molecule has 1 aromatic carbocycles. The Kier molecular flexibility index (Phi) is 3.86. The van der Waals surface area contributed by atoms with Crippen LogP contribution < -0.4 is 10.6 Å². The Balaban J connectivity index is 1.76. The molecule has 2 aromatic rings. The first-order valence-electron chi connectivity index (χ1n) is 7.20. The first kappa shape index (κ1) is 14.2. The normalized spacial score (nSPS) is 13.7. The van der Waals surface area contributed by atoms with Crippen LogP contribution in [-0.2, 0) is 6.54 Å². The Morgan fingerprint density at radius 3 is 2.82 bits per heavy atom. The molecular weight excluding hydrogens is 282 g/mol. The van der Waals surface area contributed by atoms with Gasteiger partial charge in [-0.15, -0.1) is 0 Å². The maximum absolute atomic E-state index is 11.0. The molecule has 0 saturated heterocycles. The molecule has 3 rings (SSSR count). The van der Waals surface area contributed by atoms with Crippen molar-refractivity contribution < 1.29 is 4.92 Å². The molecule has 114 valence electrons. The van der Waals surface area contributed by atoms with Gasteiger partial charge in [-0.05, 0) is 30.9 Å². The van der Waals surface area contributed by atoms with Crippen molar-refractivity contribution >= 4 is 17.5 Å². The topological polar surface area (TPSA) is 93.0 Å². The van der Waals surface area contributed by atoms with Crippen LogP contribution in [0.1, 0.15) is 24.0 Å². The molecule has 2 N–H and O–H groups in total. The molecule has 22 heavy (non-hydrogen) atoms. The number of nitrogens with zero attached hydrogens (tertiary/aromatic N) is 3. The van der Waals surface area contributed by atoms with E-state index in [1.54, 1.807) is 0 Å². The average molecular weight is 299 g/mol. The maximum atomic E-state index is 11.0. The number of anilines is 2. The summed E-state index contributed by atoms with van der Waals surface area (Å²) in [4.78, 5) is 18.8. The average Bonchev–Trinajstić information content (AvgIpc) is 3.30. The summed E-state index contributed by atoms with van der Waals surface area (Å²) >= 11 is 0. The number of hydrogen-bond donors (Lipinski definition) is 2. The van der Waals surface area contributed by atoms with Crippen molar-refractivity contribution in [3.63, 3.8) is 0 Å². The zero-order valence-corrected chi connectivity index (χ0v) is 12.2. The monoisotopic (exact) mass is 299 g/mol. The van der Waals surface area contributed by atoms with E-state index in [4.69, 9.17) is 0 Å². The first-order valence-corrected chi connectivity index (χ1v) is 7.20. The summed E-state index contributed by atoms with van der Waals surface area (Å²) < 4.78 is 0. The van der Waals surface area contributed by atoms with Crippen LogP contribution in [0.2, 0.25) is 0 Å². The van der Waals surface area contributed by atoms with Gasteiger partial charge in [-0.1, -0.05) is 24.3 Å². The minimum atomic E-state index is -0.462. The van der Waals surface area contributed by atoms with Gasteiger partial charge in [0.15, 0.2) is 0 Å². The predicted molar refractivity (Wildman–Crippen MR) is 83.8 cm³/mol. The van der Waals surface area contributed by atoms with Gasteiger partial charge in [0.1, 0.15) is 6.20 Å². The van der Waals surface area contributed by atoms with Crippen LogP contribution in [-0.4, -0.2) is 20.9 Å². The van der Waals surface area contributed by atoms with E-state index in [1.165, 1.54) is 11.8 Å².